The molecule has 1 amide bonds. The van der Waals surface area contributed by atoms with Crippen LogP contribution < -0.4 is 10.5 Å². The number of piperidine rings is 1. The summed E-state index contributed by atoms with van der Waals surface area (Å²) in [5, 5.41) is 0. The molecule has 1 saturated heterocycles. The van der Waals surface area contributed by atoms with Gasteiger partial charge in [-0.25, -0.2) is 0 Å². The van der Waals surface area contributed by atoms with Crippen molar-refractivity contribution in [2.75, 3.05) is 6.54 Å². The Labute approximate surface area is 145 Å². The van der Waals surface area contributed by atoms with Gasteiger partial charge in [0.15, 0.2) is 0 Å². The molecule has 1 heterocycles. The lowest BCUT2D eigenvalue weighted by Crippen LogP contribution is -2.48. The van der Waals surface area contributed by atoms with Gasteiger partial charge in [-0.15, -0.1) is 0 Å². The summed E-state index contributed by atoms with van der Waals surface area (Å²) >= 11 is 0. The van der Waals surface area contributed by atoms with Gasteiger partial charge >= 0.3 is 0 Å². The van der Waals surface area contributed by atoms with E-state index in [2.05, 4.69) is 19.1 Å². The third-order valence-electron chi connectivity index (χ3n) is 5.37. The highest BCUT2D eigenvalue weighted by atomic mass is 16.5. The maximum atomic E-state index is 12.5. The number of nitrogens with zero attached hydrogens (tertiary/aromatic N) is 1. The van der Waals surface area contributed by atoms with Gasteiger partial charge in [0.25, 0.3) is 0 Å². The zero-order valence-electron chi connectivity index (χ0n) is 14.7. The Balaban J connectivity index is 1.51. The molecule has 1 aromatic rings. The third-order valence-corrected chi connectivity index (χ3v) is 5.37. The first-order chi connectivity index (χ1) is 11.6. The maximum absolute atomic E-state index is 12.5. The van der Waals surface area contributed by atoms with Gasteiger partial charge in [-0.3, -0.25) is 4.79 Å². The van der Waals surface area contributed by atoms with E-state index in [0.717, 1.165) is 44.4 Å². The molecule has 1 aliphatic carbocycles. The number of ether oxygens (including phenoxy) is 1. The number of likely N-dealkylation sites (tertiary alicyclic amines) is 1. The first kappa shape index (κ1) is 17.3. The second-order valence-electron chi connectivity index (χ2n) is 7.39. The Bertz CT molecular complexity index is 554. The molecule has 2 atom stereocenters. The lowest BCUT2D eigenvalue weighted by atomic mass is 9.98. The number of benzene rings is 1. The van der Waals surface area contributed by atoms with Crippen molar-refractivity contribution in [1.29, 1.82) is 0 Å². The van der Waals surface area contributed by atoms with Crippen molar-refractivity contribution in [3.8, 4) is 5.75 Å². The number of carbonyl (C=O) groups excluding carboxylic acids is 1. The van der Waals surface area contributed by atoms with E-state index in [1.165, 1.54) is 18.4 Å². The van der Waals surface area contributed by atoms with E-state index in [4.69, 9.17) is 10.5 Å². The van der Waals surface area contributed by atoms with E-state index in [0.29, 0.717) is 12.5 Å². The monoisotopic (exact) mass is 330 g/mol. The van der Waals surface area contributed by atoms with Crippen LogP contribution in [0.2, 0.25) is 0 Å². The Morgan fingerprint density at radius 2 is 2.08 bits per heavy atom. The topological polar surface area (TPSA) is 55.6 Å². The quantitative estimate of drug-likeness (QED) is 0.901. The summed E-state index contributed by atoms with van der Waals surface area (Å²) in [4.78, 5) is 14.5. The Kier molecular flexibility index (Phi) is 5.77. The van der Waals surface area contributed by atoms with E-state index in [-0.39, 0.29) is 18.0 Å². The minimum atomic E-state index is 0.244. The first-order valence-corrected chi connectivity index (χ1v) is 9.42. The predicted octanol–water partition coefficient (Wildman–Crippen LogP) is 3.28. The summed E-state index contributed by atoms with van der Waals surface area (Å²) < 4.78 is 6.06. The zero-order valence-corrected chi connectivity index (χ0v) is 14.7. The molecule has 0 unspecified atom stereocenters. The number of nitrogens with two attached hydrogens (primary N) is 1. The van der Waals surface area contributed by atoms with Crippen LogP contribution in [-0.4, -0.2) is 35.5 Å². The standard InChI is InChI=1S/C20H30N2O2/c1-15-13-17(21)11-12-22(15)20(23)10-9-16-5-4-8-19(14-16)24-18-6-2-3-7-18/h4-5,8,14-15,17-18H,2-3,6-7,9-13,21H2,1H3/t15-,17-/m0/s1. The van der Waals surface area contributed by atoms with E-state index >= 15 is 0 Å². The zero-order chi connectivity index (χ0) is 16.9. The van der Waals surface area contributed by atoms with Crippen molar-refractivity contribution in [1.82, 2.24) is 4.90 Å². The Hall–Kier alpha value is -1.55. The molecular weight excluding hydrogens is 300 g/mol. The molecule has 0 bridgehead atoms. The van der Waals surface area contributed by atoms with Gasteiger partial charge in [-0.05, 0) is 69.6 Å². The summed E-state index contributed by atoms with van der Waals surface area (Å²) in [5.41, 5.74) is 7.17. The van der Waals surface area contributed by atoms with Crippen LogP contribution >= 0.6 is 0 Å². The number of amides is 1. The molecule has 4 heteroatoms. The van der Waals surface area contributed by atoms with Gasteiger partial charge in [0.1, 0.15) is 5.75 Å². The van der Waals surface area contributed by atoms with Crippen LogP contribution in [0.5, 0.6) is 5.75 Å². The second-order valence-corrected chi connectivity index (χ2v) is 7.39. The van der Waals surface area contributed by atoms with E-state index in [9.17, 15) is 4.79 Å². The lowest BCUT2D eigenvalue weighted by molar-refractivity contribution is -0.134. The van der Waals surface area contributed by atoms with Crippen LogP contribution in [0.3, 0.4) is 0 Å². The molecule has 1 aromatic carbocycles. The molecule has 0 radical (unpaired) electrons. The van der Waals surface area contributed by atoms with E-state index in [1.807, 2.05) is 17.0 Å². The highest BCUT2D eigenvalue weighted by Crippen LogP contribution is 2.25. The molecule has 1 saturated carbocycles. The highest BCUT2D eigenvalue weighted by Gasteiger charge is 2.26. The summed E-state index contributed by atoms with van der Waals surface area (Å²) in [5.74, 6) is 1.20. The molecule has 0 aromatic heterocycles. The van der Waals surface area contributed by atoms with E-state index < -0.39 is 0 Å². The molecule has 2 fully saturated rings. The van der Waals surface area contributed by atoms with Crippen molar-refractivity contribution in [2.45, 2.75) is 76.5 Å². The minimum Gasteiger partial charge on any atom is -0.490 e. The van der Waals surface area contributed by atoms with Crippen LogP contribution in [0.15, 0.2) is 24.3 Å². The van der Waals surface area contributed by atoms with Crippen molar-refractivity contribution < 1.29 is 9.53 Å². The van der Waals surface area contributed by atoms with Crippen LogP contribution in [-0.2, 0) is 11.2 Å². The van der Waals surface area contributed by atoms with Crippen LogP contribution in [0, 0.1) is 0 Å². The summed E-state index contributed by atoms with van der Waals surface area (Å²) in [6, 6.07) is 8.75. The predicted molar refractivity (Wildman–Crippen MR) is 96.0 cm³/mol. The summed E-state index contributed by atoms with van der Waals surface area (Å²) in [7, 11) is 0. The van der Waals surface area contributed by atoms with Crippen LogP contribution in [0.4, 0.5) is 0 Å². The molecule has 0 spiro atoms. The second kappa shape index (κ2) is 8.02. The fourth-order valence-electron chi connectivity index (χ4n) is 3.95. The highest BCUT2D eigenvalue weighted by molar-refractivity contribution is 5.77. The minimum absolute atomic E-state index is 0.244. The first-order valence-electron chi connectivity index (χ1n) is 9.42. The molecule has 132 valence electrons. The van der Waals surface area contributed by atoms with Crippen molar-refractivity contribution in [3.63, 3.8) is 0 Å². The van der Waals surface area contributed by atoms with Crippen molar-refractivity contribution in [3.05, 3.63) is 29.8 Å². The molecule has 3 rings (SSSR count). The molecular formula is C20H30N2O2. The Morgan fingerprint density at radius 1 is 1.29 bits per heavy atom. The molecule has 1 aliphatic heterocycles. The van der Waals surface area contributed by atoms with Crippen molar-refractivity contribution in [2.24, 2.45) is 5.73 Å². The molecule has 2 N–H and O–H groups in total. The number of aryl methyl sites for hydroxylation is 1. The average Bonchev–Trinajstić information content (AvgIpc) is 3.06. The van der Waals surface area contributed by atoms with Gasteiger partial charge in [0, 0.05) is 25.0 Å². The fraction of sp³-hybridized carbons (Fsp3) is 0.650. The molecule has 2 aliphatic rings. The number of hydrogen-bond donors (Lipinski definition) is 1. The van der Waals surface area contributed by atoms with Gasteiger partial charge in [-0.1, -0.05) is 12.1 Å². The number of hydrogen-bond acceptors (Lipinski definition) is 3. The third kappa shape index (κ3) is 4.50. The lowest BCUT2D eigenvalue weighted by Gasteiger charge is -2.36. The Morgan fingerprint density at radius 3 is 2.83 bits per heavy atom. The maximum Gasteiger partial charge on any atom is 0.223 e. The SMILES string of the molecule is C[C@H]1C[C@@H](N)CCN1C(=O)CCc1cccc(OC2CCCC2)c1. The van der Waals surface area contributed by atoms with Crippen LogP contribution in [0.25, 0.3) is 0 Å². The van der Waals surface area contributed by atoms with Crippen LogP contribution in [0.1, 0.15) is 57.4 Å². The molecule has 4 nitrogen and oxygen atoms in total. The fourth-order valence-corrected chi connectivity index (χ4v) is 3.95. The van der Waals surface area contributed by atoms with Gasteiger partial charge < -0.3 is 15.4 Å². The largest absolute Gasteiger partial charge is 0.490 e. The van der Waals surface area contributed by atoms with Gasteiger partial charge in [-0.2, -0.15) is 0 Å². The van der Waals surface area contributed by atoms with E-state index in [1.54, 1.807) is 0 Å². The summed E-state index contributed by atoms with van der Waals surface area (Å²) in [6.45, 7) is 2.90. The number of carbonyl (C=O) groups is 1. The smallest absolute Gasteiger partial charge is 0.223 e. The van der Waals surface area contributed by atoms with Gasteiger partial charge in [0.2, 0.25) is 5.91 Å². The molecule has 24 heavy (non-hydrogen) atoms. The summed E-state index contributed by atoms with van der Waals surface area (Å²) in [6.07, 6.45) is 8.42. The van der Waals surface area contributed by atoms with Gasteiger partial charge in [0.05, 0.1) is 6.10 Å². The number of rotatable bonds is 5. The normalized spacial score (nSPS) is 25.0. The van der Waals surface area contributed by atoms with Crippen molar-refractivity contribution >= 4 is 5.91 Å². The average molecular weight is 330 g/mol.